The number of methoxy groups -OCH3 is 2. The van der Waals surface area contributed by atoms with Crippen molar-refractivity contribution >= 4 is 11.7 Å². The van der Waals surface area contributed by atoms with Gasteiger partial charge in [0.05, 0.1) is 18.4 Å². The van der Waals surface area contributed by atoms with E-state index in [-0.39, 0.29) is 6.04 Å². The molecule has 1 aromatic rings. The van der Waals surface area contributed by atoms with Crippen LogP contribution in [0.2, 0.25) is 0 Å². The first-order valence-corrected chi connectivity index (χ1v) is 5.71. The molecule has 1 unspecified atom stereocenters. The van der Waals surface area contributed by atoms with Crippen LogP contribution in [0.3, 0.4) is 0 Å². The molecule has 0 heterocycles. The van der Waals surface area contributed by atoms with E-state index in [1.54, 1.807) is 7.11 Å². The van der Waals surface area contributed by atoms with E-state index >= 15 is 0 Å². The van der Waals surface area contributed by atoms with Gasteiger partial charge in [0.25, 0.3) is 0 Å². The summed E-state index contributed by atoms with van der Waals surface area (Å²) in [6.07, 6.45) is 0.758. The Morgan fingerprint density at radius 1 is 1.44 bits per heavy atom. The van der Waals surface area contributed by atoms with Gasteiger partial charge in [-0.25, -0.2) is 9.18 Å². The average Bonchev–Trinajstić information content (AvgIpc) is 2.35. The van der Waals surface area contributed by atoms with Gasteiger partial charge in [-0.15, -0.1) is 0 Å². The summed E-state index contributed by atoms with van der Waals surface area (Å²) in [5, 5.41) is 3.08. The van der Waals surface area contributed by atoms with Gasteiger partial charge in [-0.3, -0.25) is 0 Å². The Morgan fingerprint density at radius 2 is 2.17 bits per heavy atom. The molecule has 0 aliphatic rings. The molecule has 0 aromatic heterocycles. The predicted molar refractivity (Wildman–Crippen MR) is 67.3 cm³/mol. The van der Waals surface area contributed by atoms with Crippen LogP contribution >= 0.6 is 0 Å². The van der Waals surface area contributed by atoms with E-state index in [9.17, 15) is 9.18 Å². The van der Waals surface area contributed by atoms with Gasteiger partial charge in [0.2, 0.25) is 0 Å². The molecule has 1 N–H and O–H groups in total. The fourth-order valence-corrected chi connectivity index (χ4v) is 1.56. The maximum Gasteiger partial charge on any atom is 0.339 e. The average molecular weight is 255 g/mol. The molecule has 1 rings (SSSR count). The van der Waals surface area contributed by atoms with Crippen molar-refractivity contribution in [3.05, 3.63) is 29.6 Å². The molecule has 0 saturated carbocycles. The number of nitrogens with one attached hydrogen (secondary N) is 1. The molecular formula is C13H18FNO3. The number of hydrogen-bond acceptors (Lipinski definition) is 4. The van der Waals surface area contributed by atoms with Crippen LogP contribution in [0.1, 0.15) is 23.7 Å². The summed E-state index contributed by atoms with van der Waals surface area (Å²) in [6, 6.07) is 3.99. The summed E-state index contributed by atoms with van der Waals surface area (Å²) in [5.74, 6) is -0.888. The second kappa shape index (κ2) is 6.96. The molecular weight excluding hydrogens is 237 g/mol. The molecule has 0 amide bonds. The molecule has 0 fully saturated rings. The third-order valence-corrected chi connectivity index (χ3v) is 2.54. The minimum atomic E-state index is -0.489. The van der Waals surface area contributed by atoms with Gasteiger partial charge in [0, 0.05) is 19.8 Å². The zero-order valence-electron chi connectivity index (χ0n) is 10.8. The molecule has 0 spiro atoms. The molecule has 18 heavy (non-hydrogen) atoms. The zero-order chi connectivity index (χ0) is 13.5. The van der Waals surface area contributed by atoms with E-state index in [0.29, 0.717) is 17.9 Å². The first-order chi connectivity index (χ1) is 8.58. The number of carbonyl (C=O) groups excluding carboxylic acids is 1. The Labute approximate surface area is 106 Å². The quantitative estimate of drug-likeness (QED) is 0.793. The van der Waals surface area contributed by atoms with Gasteiger partial charge < -0.3 is 14.8 Å². The van der Waals surface area contributed by atoms with Crippen LogP contribution in [0.5, 0.6) is 0 Å². The van der Waals surface area contributed by atoms with Crippen molar-refractivity contribution in [3.63, 3.8) is 0 Å². The molecule has 1 atom stereocenters. The van der Waals surface area contributed by atoms with Crippen molar-refractivity contribution in [1.82, 2.24) is 0 Å². The number of ether oxygens (including phenoxy) is 2. The molecule has 0 bridgehead atoms. The van der Waals surface area contributed by atoms with Crippen molar-refractivity contribution in [2.45, 2.75) is 19.4 Å². The van der Waals surface area contributed by atoms with Gasteiger partial charge in [-0.05, 0) is 31.5 Å². The third kappa shape index (κ3) is 4.00. The van der Waals surface area contributed by atoms with E-state index in [2.05, 4.69) is 10.1 Å². The molecule has 0 aliphatic carbocycles. The van der Waals surface area contributed by atoms with Crippen LogP contribution < -0.4 is 5.32 Å². The SMILES string of the molecule is COCCC(C)Nc1cc(F)ccc1C(=O)OC. The number of anilines is 1. The first kappa shape index (κ1) is 14.4. The Kier molecular flexibility index (Phi) is 5.58. The Balaban J connectivity index is 2.85. The highest BCUT2D eigenvalue weighted by molar-refractivity contribution is 5.95. The fraction of sp³-hybridized carbons (Fsp3) is 0.462. The van der Waals surface area contributed by atoms with E-state index in [1.807, 2.05) is 6.92 Å². The number of carbonyl (C=O) groups is 1. The minimum Gasteiger partial charge on any atom is -0.465 e. The second-order valence-corrected chi connectivity index (χ2v) is 4.01. The molecule has 4 nitrogen and oxygen atoms in total. The molecule has 5 heteroatoms. The van der Waals surface area contributed by atoms with E-state index < -0.39 is 11.8 Å². The Bertz CT molecular complexity index is 409. The summed E-state index contributed by atoms with van der Waals surface area (Å²) in [4.78, 5) is 11.5. The van der Waals surface area contributed by atoms with E-state index in [4.69, 9.17) is 4.74 Å². The molecule has 100 valence electrons. The highest BCUT2D eigenvalue weighted by Crippen LogP contribution is 2.19. The molecule has 0 aliphatic heterocycles. The maximum absolute atomic E-state index is 13.2. The number of benzene rings is 1. The van der Waals surface area contributed by atoms with Crippen LogP contribution in [0, 0.1) is 5.82 Å². The van der Waals surface area contributed by atoms with E-state index in [0.717, 1.165) is 6.42 Å². The summed E-state index contributed by atoms with van der Waals surface area (Å²) >= 11 is 0. The molecule has 0 saturated heterocycles. The van der Waals surface area contributed by atoms with Gasteiger partial charge in [0.1, 0.15) is 5.82 Å². The Hall–Kier alpha value is -1.62. The van der Waals surface area contributed by atoms with Gasteiger partial charge in [-0.1, -0.05) is 0 Å². The number of esters is 1. The topological polar surface area (TPSA) is 47.6 Å². The Morgan fingerprint density at radius 3 is 2.78 bits per heavy atom. The largest absolute Gasteiger partial charge is 0.465 e. The van der Waals surface area contributed by atoms with Crippen LogP contribution in [0.25, 0.3) is 0 Å². The fourth-order valence-electron chi connectivity index (χ4n) is 1.56. The minimum absolute atomic E-state index is 0.0650. The van der Waals surface area contributed by atoms with Crippen molar-refractivity contribution < 1.29 is 18.7 Å². The van der Waals surface area contributed by atoms with Gasteiger partial charge in [0.15, 0.2) is 0 Å². The maximum atomic E-state index is 13.2. The smallest absolute Gasteiger partial charge is 0.339 e. The standard InChI is InChI=1S/C13H18FNO3/c1-9(6-7-17-2)15-12-8-10(14)4-5-11(12)13(16)18-3/h4-5,8-9,15H,6-7H2,1-3H3. The van der Waals surface area contributed by atoms with Crippen LogP contribution in [0.4, 0.5) is 10.1 Å². The third-order valence-electron chi connectivity index (χ3n) is 2.54. The number of halogens is 1. The molecule has 0 radical (unpaired) electrons. The number of hydrogen-bond donors (Lipinski definition) is 1. The normalized spacial score (nSPS) is 12.0. The summed E-state index contributed by atoms with van der Waals surface area (Å²) in [7, 11) is 2.92. The second-order valence-electron chi connectivity index (χ2n) is 4.01. The summed E-state index contributed by atoms with van der Waals surface area (Å²) in [5.41, 5.74) is 0.758. The highest BCUT2D eigenvalue weighted by atomic mass is 19.1. The monoisotopic (exact) mass is 255 g/mol. The lowest BCUT2D eigenvalue weighted by Gasteiger charge is -2.17. The number of rotatable bonds is 6. The van der Waals surface area contributed by atoms with Crippen LogP contribution in [-0.4, -0.2) is 32.8 Å². The summed E-state index contributed by atoms with van der Waals surface area (Å²) < 4.78 is 22.8. The van der Waals surface area contributed by atoms with Crippen LogP contribution in [-0.2, 0) is 9.47 Å². The summed E-state index contributed by atoms with van der Waals surface area (Å²) in [6.45, 7) is 2.53. The van der Waals surface area contributed by atoms with Crippen molar-refractivity contribution in [2.75, 3.05) is 26.1 Å². The lowest BCUT2D eigenvalue weighted by Crippen LogP contribution is -2.19. The van der Waals surface area contributed by atoms with Crippen molar-refractivity contribution in [1.29, 1.82) is 0 Å². The van der Waals surface area contributed by atoms with Crippen molar-refractivity contribution in [2.24, 2.45) is 0 Å². The first-order valence-electron chi connectivity index (χ1n) is 5.71. The lowest BCUT2D eigenvalue weighted by atomic mass is 10.1. The predicted octanol–water partition coefficient (Wildman–Crippen LogP) is 2.45. The highest BCUT2D eigenvalue weighted by Gasteiger charge is 2.14. The van der Waals surface area contributed by atoms with Crippen molar-refractivity contribution in [3.8, 4) is 0 Å². The van der Waals surface area contributed by atoms with E-state index in [1.165, 1.54) is 25.3 Å². The molecule has 1 aromatic carbocycles. The lowest BCUT2D eigenvalue weighted by molar-refractivity contribution is 0.0601. The van der Waals surface area contributed by atoms with Crippen LogP contribution in [0.15, 0.2) is 18.2 Å². The zero-order valence-corrected chi connectivity index (χ0v) is 10.8. The van der Waals surface area contributed by atoms with Gasteiger partial charge >= 0.3 is 5.97 Å². The van der Waals surface area contributed by atoms with Gasteiger partial charge in [-0.2, -0.15) is 0 Å².